The van der Waals surface area contributed by atoms with Gasteiger partial charge in [0.1, 0.15) is 0 Å². The van der Waals surface area contributed by atoms with Crippen molar-refractivity contribution in [3.05, 3.63) is 58.9 Å². The van der Waals surface area contributed by atoms with Crippen molar-refractivity contribution < 1.29 is 49.8 Å². The maximum absolute atomic E-state index is 12.6. The number of carbonyl (C=O) groups is 2. The minimum atomic E-state index is -5.15. The summed E-state index contributed by atoms with van der Waals surface area (Å²) in [5.41, 5.74) is 3.82. The third kappa shape index (κ3) is 5.63. The fourth-order valence-corrected chi connectivity index (χ4v) is 5.84. The van der Waals surface area contributed by atoms with Gasteiger partial charge in [0, 0.05) is 35.2 Å². The van der Waals surface area contributed by atoms with Gasteiger partial charge >= 0.3 is 5.97 Å². The highest BCUT2D eigenvalue weighted by Gasteiger charge is 2.31. The number of carboxylic acid groups (broad SMARTS) is 1. The Bertz CT molecular complexity index is 1970. The van der Waals surface area contributed by atoms with E-state index in [1.807, 2.05) is 0 Å². The van der Waals surface area contributed by atoms with Crippen molar-refractivity contribution >= 4 is 48.8 Å². The van der Waals surface area contributed by atoms with Gasteiger partial charge in [0.05, 0.1) is 23.2 Å². The first-order valence-corrected chi connectivity index (χ1v) is 14.6. The van der Waals surface area contributed by atoms with Crippen LogP contribution >= 0.6 is 0 Å². The van der Waals surface area contributed by atoms with Gasteiger partial charge in [-0.05, 0) is 48.9 Å². The van der Waals surface area contributed by atoms with Gasteiger partial charge in [0.2, 0.25) is 0 Å². The predicted molar refractivity (Wildman–Crippen MR) is 144 cm³/mol. The lowest BCUT2D eigenvalue weighted by Crippen LogP contribution is -2.27. The van der Waals surface area contributed by atoms with Gasteiger partial charge in [0.15, 0.2) is 21.1 Å². The van der Waals surface area contributed by atoms with Gasteiger partial charge in [-0.15, -0.1) is 0 Å². The molecule has 2 aromatic rings. The van der Waals surface area contributed by atoms with Crippen LogP contribution in [0.1, 0.15) is 27.6 Å². The average Bonchev–Trinajstić information content (AvgIpc) is 2.87. The highest BCUT2D eigenvalue weighted by molar-refractivity contribution is 7.86. The Morgan fingerprint density at radius 3 is 2.27 bits per heavy atom. The number of nitrogen functional groups attached to an aromatic ring is 1. The molecule has 0 fully saturated rings. The molecular formula is C25H23N3O11S2. The molecule has 0 atom stereocenters. The van der Waals surface area contributed by atoms with Crippen LogP contribution in [0.15, 0.2) is 56.7 Å². The van der Waals surface area contributed by atoms with E-state index in [2.05, 4.69) is 5.32 Å². The van der Waals surface area contributed by atoms with Crippen molar-refractivity contribution in [1.82, 2.24) is 5.32 Å². The normalized spacial score (nSPS) is 12.1. The van der Waals surface area contributed by atoms with Crippen LogP contribution in [0.2, 0.25) is 0 Å². The molecule has 0 aromatic heterocycles. The van der Waals surface area contributed by atoms with E-state index in [4.69, 9.17) is 20.3 Å². The van der Waals surface area contributed by atoms with Gasteiger partial charge in [-0.2, -0.15) is 16.8 Å². The van der Waals surface area contributed by atoms with E-state index in [0.29, 0.717) is 6.61 Å². The molecule has 1 aliphatic carbocycles. The molecule has 1 aliphatic heterocycles. The number of ether oxygens (including phenoxy) is 1. The van der Waals surface area contributed by atoms with Crippen molar-refractivity contribution in [2.45, 2.75) is 16.7 Å². The first-order valence-electron chi connectivity index (χ1n) is 11.7. The quantitative estimate of drug-likeness (QED) is 0.0695. The molecule has 0 unspecified atom stereocenters. The Labute approximate surface area is 232 Å². The minimum Gasteiger partial charge on any atom is -0.478 e. The second-order valence-electron chi connectivity index (χ2n) is 8.63. The molecule has 0 spiro atoms. The molecule has 7 N–H and O–H groups in total. The van der Waals surface area contributed by atoms with E-state index in [1.165, 1.54) is 24.3 Å². The first-order chi connectivity index (χ1) is 19.2. The lowest BCUT2D eigenvalue weighted by Gasteiger charge is -2.20. The molecule has 2 aromatic carbocycles. The first kappa shape index (κ1) is 29.6. The second kappa shape index (κ2) is 10.9. The molecule has 1 heterocycles. The largest absolute Gasteiger partial charge is 0.478 e. The Morgan fingerprint density at radius 1 is 1.00 bits per heavy atom. The number of carbonyl (C=O) groups excluding carboxylic acids is 1. The maximum Gasteiger partial charge on any atom is 0.336 e. The summed E-state index contributed by atoms with van der Waals surface area (Å²) in [6.45, 7) is 2.59. The number of anilines is 1. The van der Waals surface area contributed by atoms with Gasteiger partial charge in [-0.3, -0.25) is 19.3 Å². The number of aromatic carboxylic acids is 1. The number of nitrogens with one attached hydrogen (secondary N) is 2. The number of hydrogen-bond acceptors (Lipinski definition) is 10. The molecule has 0 saturated carbocycles. The molecule has 0 saturated heterocycles. The smallest absolute Gasteiger partial charge is 0.336 e. The predicted octanol–water partition coefficient (Wildman–Crippen LogP) is 2.22. The lowest BCUT2D eigenvalue weighted by molar-refractivity contribution is 0.0697. The molecule has 4 rings (SSSR count). The summed E-state index contributed by atoms with van der Waals surface area (Å²) < 4.78 is 79.7. The maximum atomic E-state index is 12.6. The molecule has 14 nitrogen and oxygen atoms in total. The molecular weight excluding hydrogens is 582 g/mol. The van der Waals surface area contributed by atoms with E-state index in [9.17, 15) is 40.6 Å². The number of fused-ring (bicyclic) bond motifs is 2. The Balaban J connectivity index is 2.13. The van der Waals surface area contributed by atoms with Gasteiger partial charge in [0.25, 0.3) is 26.1 Å². The standard InChI is InChI=1S/C25H23N3O11S2/c1-2-38-10-9-28-24(29)12-3-4-13(16(11-12)25(30)31)19-14-5-7-17(26)22(40(32,33)34)20(14)39-21-15(19)6-8-18(27)23(21)41(35,36)37/h3-8,11,26H,2,9-10,27H2,1H3,(H,28,29)(H,30,31)(H,32,33,34)(H,35,36,37). The van der Waals surface area contributed by atoms with Crippen LogP contribution in [0.4, 0.5) is 5.69 Å². The molecule has 41 heavy (non-hydrogen) atoms. The van der Waals surface area contributed by atoms with Gasteiger partial charge in [-0.1, -0.05) is 6.07 Å². The minimum absolute atomic E-state index is 0.0354. The number of amides is 1. The highest BCUT2D eigenvalue weighted by Crippen LogP contribution is 2.45. The molecule has 1 amide bonds. The molecule has 216 valence electrons. The van der Waals surface area contributed by atoms with Crippen LogP contribution in [0.25, 0.3) is 33.4 Å². The number of rotatable bonds is 9. The van der Waals surface area contributed by atoms with Crippen molar-refractivity contribution in [3.63, 3.8) is 0 Å². The third-order valence-corrected chi connectivity index (χ3v) is 7.89. The molecule has 16 heteroatoms. The van der Waals surface area contributed by atoms with Crippen molar-refractivity contribution in [3.8, 4) is 22.5 Å². The van der Waals surface area contributed by atoms with Crippen LogP contribution in [0.3, 0.4) is 0 Å². The van der Waals surface area contributed by atoms with Crippen molar-refractivity contribution in [1.29, 1.82) is 5.41 Å². The van der Waals surface area contributed by atoms with Crippen LogP contribution in [0.5, 0.6) is 0 Å². The van der Waals surface area contributed by atoms with Crippen LogP contribution in [0, 0.1) is 5.41 Å². The summed E-state index contributed by atoms with van der Waals surface area (Å²) in [5.74, 6) is -2.80. The van der Waals surface area contributed by atoms with Crippen LogP contribution < -0.4 is 16.4 Å². The van der Waals surface area contributed by atoms with E-state index < -0.39 is 69.9 Å². The topological polar surface area (TPSA) is 247 Å². The SMILES string of the molecule is CCOCCNC(=O)c1ccc(-c2c3ccc(=N)c(S(=O)(=O)O)c-3oc3c(S(=O)(=O)O)c(N)ccc23)c(C(=O)O)c1. The average molecular weight is 606 g/mol. The zero-order valence-electron chi connectivity index (χ0n) is 21.2. The van der Waals surface area contributed by atoms with Gasteiger partial charge < -0.3 is 25.3 Å². The van der Waals surface area contributed by atoms with Crippen LogP contribution in [-0.4, -0.2) is 62.7 Å². The monoisotopic (exact) mass is 605 g/mol. The number of hydrogen-bond donors (Lipinski definition) is 6. The Kier molecular flexibility index (Phi) is 7.88. The van der Waals surface area contributed by atoms with Gasteiger partial charge in [-0.25, -0.2) is 4.79 Å². The molecule has 0 bridgehead atoms. The summed E-state index contributed by atoms with van der Waals surface area (Å²) in [7, 11) is -10.2. The fourth-order valence-electron chi connectivity index (χ4n) is 4.36. The lowest BCUT2D eigenvalue weighted by atomic mass is 9.89. The number of carboxylic acids is 1. The van der Waals surface area contributed by atoms with E-state index in [-0.39, 0.29) is 40.8 Å². The van der Waals surface area contributed by atoms with E-state index >= 15 is 0 Å². The summed E-state index contributed by atoms with van der Waals surface area (Å²) in [5, 5.41) is 19.9. The summed E-state index contributed by atoms with van der Waals surface area (Å²) >= 11 is 0. The summed E-state index contributed by atoms with van der Waals surface area (Å²) in [6, 6.07) is 8.22. The van der Waals surface area contributed by atoms with Crippen LogP contribution in [-0.2, 0) is 25.0 Å². The van der Waals surface area contributed by atoms with Crippen molar-refractivity contribution in [2.24, 2.45) is 0 Å². The Hall–Kier alpha value is -4.35. The Morgan fingerprint density at radius 2 is 1.66 bits per heavy atom. The van der Waals surface area contributed by atoms with Crippen molar-refractivity contribution in [2.75, 3.05) is 25.5 Å². The zero-order chi connectivity index (χ0) is 30.3. The third-order valence-electron chi connectivity index (χ3n) is 6.03. The zero-order valence-corrected chi connectivity index (χ0v) is 22.8. The molecule has 0 radical (unpaired) electrons. The summed E-state index contributed by atoms with van der Waals surface area (Å²) in [4.78, 5) is 23.1. The second-order valence-corrected chi connectivity index (χ2v) is 11.3. The van der Waals surface area contributed by atoms with E-state index in [1.54, 1.807) is 6.92 Å². The summed E-state index contributed by atoms with van der Waals surface area (Å²) in [6.07, 6.45) is 0. The highest BCUT2D eigenvalue weighted by atomic mass is 32.2. The van der Waals surface area contributed by atoms with E-state index in [0.717, 1.165) is 18.2 Å². The fraction of sp³-hybridized carbons (Fsp3) is 0.160. The number of nitrogens with two attached hydrogens (primary N) is 1. The number of benzene rings is 3. The molecule has 2 aliphatic rings.